The van der Waals surface area contributed by atoms with Gasteiger partial charge in [-0.15, -0.1) is 0 Å². The van der Waals surface area contributed by atoms with Gasteiger partial charge in [0.2, 0.25) is 0 Å². The number of allylic oxidation sites excluding steroid dienone is 3. The first-order valence-electron chi connectivity index (χ1n) is 4.68. The van der Waals surface area contributed by atoms with Crippen LogP contribution in [-0.2, 0) is 0 Å². The lowest BCUT2D eigenvalue weighted by Gasteiger charge is -2.13. The fourth-order valence-corrected chi connectivity index (χ4v) is 1.71. The summed E-state index contributed by atoms with van der Waals surface area (Å²) in [6.07, 6.45) is 6.31. The number of hydrogen-bond acceptors (Lipinski definition) is 3. The summed E-state index contributed by atoms with van der Waals surface area (Å²) in [7, 11) is 8.09. The zero-order valence-electron chi connectivity index (χ0n) is 9.07. The predicted octanol–water partition coefficient (Wildman–Crippen LogP) is 1.23. The number of hydrogen-bond donors (Lipinski definition) is 0. The van der Waals surface area contributed by atoms with Gasteiger partial charge in [-0.2, -0.15) is 0 Å². The number of fused-ring (bicyclic) bond motifs is 1. The van der Waals surface area contributed by atoms with E-state index < -0.39 is 0 Å². The highest BCUT2D eigenvalue weighted by molar-refractivity contribution is 6.07. The van der Waals surface area contributed by atoms with E-state index in [1.807, 2.05) is 28.2 Å². The van der Waals surface area contributed by atoms with Crippen LogP contribution in [0.3, 0.4) is 0 Å². The second-order valence-electron chi connectivity index (χ2n) is 3.90. The van der Waals surface area contributed by atoms with Crippen molar-refractivity contribution in [2.45, 2.75) is 0 Å². The van der Waals surface area contributed by atoms with Gasteiger partial charge in [-0.25, -0.2) is 4.99 Å². The van der Waals surface area contributed by atoms with Crippen LogP contribution in [0, 0.1) is 0 Å². The monoisotopic (exact) mass is 189 g/mol. The molecule has 1 heterocycles. The van der Waals surface area contributed by atoms with Crippen molar-refractivity contribution in [2.75, 3.05) is 28.2 Å². The van der Waals surface area contributed by atoms with Crippen molar-refractivity contribution in [3.05, 3.63) is 35.2 Å². The minimum atomic E-state index is 1.05. The van der Waals surface area contributed by atoms with E-state index >= 15 is 0 Å². The molecule has 0 bridgehead atoms. The highest BCUT2D eigenvalue weighted by atomic mass is 15.2. The summed E-state index contributed by atoms with van der Waals surface area (Å²) in [6, 6.07) is 0. The minimum absolute atomic E-state index is 1.05. The number of likely N-dealkylation sites (N-methyl/N-ethyl adjacent to an activating group) is 1. The first kappa shape index (κ1) is 9.06. The standard InChI is InChI=1S/C11H15N3/c1-13(2)10-8-6-5-7-9(8)11(12-10)14(3)4/h5-7H,1-4H3. The average Bonchev–Trinajstić information content (AvgIpc) is 2.59. The van der Waals surface area contributed by atoms with Crippen LogP contribution >= 0.6 is 0 Å². The quantitative estimate of drug-likeness (QED) is 0.618. The van der Waals surface area contributed by atoms with E-state index in [9.17, 15) is 0 Å². The Morgan fingerprint density at radius 3 is 2.36 bits per heavy atom. The molecule has 0 N–H and O–H groups in total. The van der Waals surface area contributed by atoms with Gasteiger partial charge < -0.3 is 9.80 Å². The van der Waals surface area contributed by atoms with Crippen LogP contribution in [0.5, 0.6) is 0 Å². The van der Waals surface area contributed by atoms with Crippen molar-refractivity contribution in [1.29, 1.82) is 0 Å². The summed E-state index contributed by atoms with van der Waals surface area (Å²) in [5.41, 5.74) is 2.47. The molecular formula is C11H15N3. The number of rotatable bonds is 1. The summed E-state index contributed by atoms with van der Waals surface area (Å²) in [5, 5.41) is 0. The van der Waals surface area contributed by atoms with Crippen LogP contribution < -0.4 is 0 Å². The van der Waals surface area contributed by atoms with Crippen LogP contribution in [-0.4, -0.2) is 43.8 Å². The molecule has 2 rings (SSSR count). The molecule has 0 spiro atoms. The SMILES string of the molecule is CN(C)C1=NC(N(C)C)=C2C=CC=C12. The van der Waals surface area contributed by atoms with Crippen molar-refractivity contribution < 1.29 is 0 Å². The third-order valence-corrected chi connectivity index (χ3v) is 2.36. The molecule has 0 atom stereocenters. The Morgan fingerprint density at radius 1 is 1.07 bits per heavy atom. The molecule has 74 valence electrons. The average molecular weight is 189 g/mol. The van der Waals surface area contributed by atoms with E-state index in [2.05, 4.69) is 33.0 Å². The second-order valence-corrected chi connectivity index (χ2v) is 3.90. The number of aliphatic imine (C=N–C) groups is 1. The zero-order valence-corrected chi connectivity index (χ0v) is 9.07. The first-order chi connectivity index (χ1) is 6.61. The Kier molecular flexibility index (Phi) is 1.95. The summed E-state index contributed by atoms with van der Waals surface area (Å²) in [4.78, 5) is 8.70. The molecule has 0 aromatic carbocycles. The van der Waals surface area contributed by atoms with Crippen molar-refractivity contribution >= 4 is 5.84 Å². The lowest BCUT2D eigenvalue weighted by molar-refractivity contribution is 0.503. The smallest absolute Gasteiger partial charge is 0.138 e. The van der Waals surface area contributed by atoms with Gasteiger partial charge >= 0.3 is 0 Å². The highest BCUT2D eigenvalue weighted by Gasteiger charge is 2.26. The molecule has 2 aliphatic rings. The van der Waals surface area contributed by atoms with E-state index in [0.29, 0.717) is 0 Å². The van der Waals surface area contributed by atoms with Gasteiger partial charge in [0.25, 0.3) is 0 Å². The molecule has 1 aliphatic heterocycles. The van der Waals surface area contributed by atoms with Crippen LogP contribution in [0.2, 0.25) is 0 Å². The van der Waals surface area contributed by atoms with Crippen LogP contribution in [0.15, 0.2) is 40.2 Å². The molecule has 1 aliphatic carbocycles. The molecule has 0 aromatic rings. The van der Waals surface area contributed by atoms with Crippen molar-refractivity contribution in [1.82, 2.24) is 9.80 Å². The fraction of sp³-hybridized carbons (Fsp3) is 0.364. The van der Waals surface area contributed by atoms with Crippen molar-refractivity contribution in [3.63, 3.8) is 0 Å². The van der Waals surface area contributed by atoms with Crippen molar-refractivity contribution in [2.24, 2.45) is 4.99 Å². The normalized spacial score (nSPS) is 18.3. The Morgan fingerprint density at radius 2 is 1.79 bits per heavy atom. The summed E-state index contributed by atoms with van der Waals surface area (Å²) in [6.45, 7) is 0. The molecule has 3 nitrogen and oxygen atoms in total. The highest BCUT2D eigenvalue weighted by Crippen LogP contribution is 2.31. The van der Waals surface area contributed by atoms with Gasteiger partial charge in [0.1, 0.15) is 11.7 Å². The molecule has 3 heteroatoms. The molecule has 0 amide bonds. The zero-order chi connectivity index (χ0) is 10.3. The molecule has 0 saturated carbocycles. The molecule has 0 fully saturated rings. The predicted molar refractivity (Wildman–Crippen MR) is 59.1 cm³/mol. The molecule has 0 aromatic heterocycles. The minimum Gasteiger partial charge on any atom is -0.362 e. The Balaban J connectivity index is 2.45. The first-order valence-corrected chi connectivity index (χ1v) is 4.68. The van der Waals surface area contributed by atoms with Gasteiger partial charge in [0.05, 0.1) is 0 Å². The van der Waals surface area contributed by atoms with Gasteiger partial charge in [-0.3, -0.25) is 0 Å². The summed E-state index contributed by atoms with van der Waals surface area (Å²) in [5.74, 6) is 2.10. The summed E-state index contributed by atoms with van der Waals surface area (Å²) >= 11 is 0. The van der Waals surface area contributed by atoms with Crippen LogP contribution in [0.1, 0.15) is 0 Å². The van der Waals surface area contributed by atoms with E-state index in [1.165, 1.54) is 11.1 Å². The van der Waals surface area contributed by atoms with Gasteiger partial charge in [0, 0.05) is 39.3 Å². The largest absolute Gasteiger partial charge is 0.362 e. The Labute approximate surface area is 84.7 Å². The third-order valence-electron chi connectivity index (χ3n) is 2.36. The summed E-state index contributed by atoms with van der Waals surface area (Å²) < 4.78 is 0. The maximum atomic E-state index is 4.60. The third kappa shape index (κ3) is 1.16. The molecule has 0 saturated heterocycles. The van der Waals surface area contributed by atoms with Crippen molar-refractivity contribution in [3.8, 4) is 0 Å². The number of amidine groups is 1. The maximum Gasteiger partial charge on any atom is 0.138 e. The van der Waals surface area contributed by atoms with E-state index in [1.54, 1.807) is 0 Å². The van der Waals surface area contributed by atoms with Gasteiger partial charge in [0.15, 0.2) is 0 Å². The lowest BCUT2D eigenvalue weighted by atomic mass is 10.1. The van der Waals surface area contributed by atoms with E-state index in [0.717, 1.165) is 11.7 Å². The van der Waals surface area contributed by atoms with E-state index in [-0.39, 0.29) is 0 Å². The Bertz CT molecular complexity index is 381. The van der Waals surface area contributed by atoms with Gasteiger partial charge in [-0.05, 0) is 0 Å². The maximum absolute atomic E-state index is 4.60. The fourth-order valence-electron chi connectivity index (χ4n) is 1.71. The molecular weight excluding hydrogens is 174 g/mol. The Hall–Kier alpha value is -1.51. The van der Waals surface area contributed by atoms with Crippen LogP contribution in [0.4, 0.5) is 0 Å². The lowest BCUT2D eigenvalue weighted by Crippen LogP contribution is -2.22. The molecule has 0 unspecified atom stereocenters. The number of nitrogens with zero attached hydrogens (tertiary/aromatic N) is 3. The van der Waals surface area contributed by atoms with Crippen LogP contribution in [0.25, 0.3) is 0 Å². The second kappa shape index (κ2) is 3.01. The van der Waals surface area contributed by atoms with E-state index in [4.69, 9.17) is 0 Å². The molecule has 0 radical (unpaired) electrons. The van der Waals surface area contributed by atoms with Gasteiger partial charge in [-0.1, -0.05) is 18.2 Å². The molecule has 14 heavy (non-hydrogen) atoms. The topological polar surface area (TPSA) is 18.8 Å².